The molecule has 1 amide bonds. The van der Waals surface area contributed by atoms with Crippen LogP contribution < -0.4 is 10.6 Å². The van der Waals surface area contributed by atoms with Crippen LogP contribution in [0.1, 0.15) is 46.1 Å². The summed E-state index contributed by atoms with van der Waals surface area (Å²) in [6.45, 7) is 11.9. The van der Waals surface area contributed by atoms with Crippen molar-refractivity contribution in [1.82, 2.24) is 10.2 Å². The molecule has 0 radical (unpaired) electrons. The zero-order valence-electron chi connectivity index (χ0n) is 16.4. The number of nitrogens with one attached hydrogen (secondary N) is 2. The van der Waals surface area contributed by atoms with Crippen LogP contribution in [0.5, 0.6) is 0 Å². The topological polar surface area (TPSA) is 56.7 Å². The Hall–Kier alpha value is -1.31. The Bertz CT molecular complexity index is 578. The Morgan fingerprint density at radius 3 is 2.38 bits per heavy atom. The van der Waals surface area contributed by atoms with Gasteiger partial charge in [0.05, 0.1) is 6.54 Å². The highest BCUT2D eigenvalue weighted by Crippen LogP contribution is 2.16. The van der Waals surface area contributed by atoms with Crippen LogP contribution in [0.15, 0.2) is 29.3 Å². The third kappa shape index (κ3) is 7.13. The molecule has 1 saturated heterocycles. The van der Waals surface area contributed by atoms with Crippen molar-refractivity contribution in [2.75, 3.05) is 25.0 Å². The summed E-state index contributed by atoms with van der Waals surface area (Å²) in [4.78, 5) is 18.9. The molecular formula is C20H33IN4O. The number of guanidine groups is 1. The first kappa shape index (κ1) is 22.7. The average Bonchev–Trinajstić information content (AvgIpc) is 2.60. The number of carbonyl (C=O) groups is 1. The Kier molecular flexibility index (Phi) is 9.98. The van der Waals surface area contributed by atoms with E-state index < -0.39 is 0 Å². The van der Waals surface area contributed by atoms with Crippen LogP contribution in [-0.4, -0.2) is 36.4 Å². The lowest BCUT2D eigenvalue weighted by Crippen LogP contribution is -2.45. The standard InChI is InChI=1S/C20H32N4O.HI/c1-5-21-20(24-12-10-16(4)11-13-24)22-14-17-6-8-18(9-7-17)23-19(25)15(2)3;/h6-9,15-16H,5,10-14H2,1-4H3,(H,21,22)(H,23,25);1H. The number of nitrogens with zero attached hydrogens (tertiary/aromatic N) is 2. The summed E-state index contributed by atoms with van der Waals surface area (Å²) in [6.07, 6.45) is 2.46. The fraction of sp³-hybridized carbons (Fsp3) is 0.600. The normalized spacial score (nSPS) is 15.6. The SMILES string of the molecule is CCNC(=NCc1ccc(NC(=O)C(C)C)cc1)N1CCC(C)CC1.I. The molecule has 26 heavy (non-hydrogen) atoms. The monoisotopic (exact) mass is 472 g/mol. The number of hydrogen-bond donors (Lipinski definition) is 2. The maximum absolute atomic E-state index is 11.7. The molecule has 0 aliphatic carbocycles. The number of aliphatic imine (C=N–C) groups is 1. The van der Waals surface area contributed by atoms with Crippen LogP contribution in [0.4, 0.5) is 5.69 Å². The quantitative estimate of drug-likeness (QED) is 0.386. The molecule has 0 bridgehead atoms. The van der Waals surface area contributed by atoms with Crippen molar-refractivity contribution in [2.24, 2.45) is 16.8 Å². The van der Waals surface area contributed by atoms with E-state index in [2.05, 4.69) is 29.4 Å². The van der Waals surface area contributed by atoms with E-state index in [4.69, 9.17) is 4.99 Å². The van der Waals surface area contributed by atoms with Gasteiger partial charge in [-0.2, -0.15) is 0 Å². The predicted molar refractivity (Wildman–Crippen MR) is 120 cm³/mol. The van der Waals surface area contributed by atoms with Crippen molar-refractivity contribution in [1.29, 1.82) is 0 Å². The lowest BCUT2D eigenvalue weighted by molar-refractivity contribution is -0.118. The van der Waals surface area contributed by atoms with Gasteiger partial charge in [0.1, 0.15) is 0 Å². The number of benzene rings is 1. The zero-order valence-corrected chi connectivity index (χ0v) is 18.7. The van der Waals surface area contributed by atoms with E-state index in [1.807, 2.05) is 38.1 Å². The molecule has 146 valence electrons. The number of amides is 1. The van der Waals surface area contributed by atoms with E-state index in [1.165, 1.54) is 12.8 Å². The van der Waals surface area contributed by atoms with Crippen LogP contribution in [0.25, 0.3) is 0 Å². The molecule has 0 unspecified atom stereocenters. The van der Waals surface area contributed by atoms with Crippen molar-refractivity contribution in [3.05, 3.63) is 29.8 Å². The van der Waals surface area contributed by atoms with Crippen LogP contribution >= 0.6 is 24.0 Å². The highest BCUT2D eigenvalue weighted by Gasteiger charge is 2.18. The third-order valence-corrected chi connectivity index (χ3v) is 4.58. The van der Waals surface area contributed by atoms with Crippen LogP contribution in [0.3, 0.4) is 0 Å². The van der Waals surface area contributed by atoms with Gasteiger partial charge in [-0.3, -0.25) is 4.79 Å². The van der Waals surface area contributed by atoms with E-state index in [0.29, 0.717) is 6.54 Å². The fourth-order valence-electron chi connectivity index (χ4n) is 2.79. The first-order valence-electron chi connectivity index (χ1n) is 9.42. The largest absolute Gasteiger partial charge is 0.357 e. The van der Waals surface area contributed by atoms with E-state index in [1.54, 1.807) is 0 Å². The Morgan fingerprint density at radius 1 is 1.23 bits per heavy atom. The average molecular weight is 472 g/mol. The smallest absolute Gasteiger partial charge is 0.226 e. The van der Waals surface area contributed by atoms with Crippen molar-refractivity contribution in [2.45, 2.75) is 47.1 Å². The van der Waals surface area contributed by atoms with Gasteiger partial charge in [-0.25, -0.2) is 4.99 Å². The molecule has 1 fully saturated rings. The molecule has 0 atom stereocenters. The molecule has 2 N–H and O–H groups in total. The van der Waals surface area contributed by atoms with Gasteiger partial charge in [-0.1, -0.05) is 32.9 Å². The highest BCUT2D eigenvalue weighted by atomic mass is 127. The summed E-state index contributed by atoms with van der Waals surface area (Å²) in [6, 6.07) is 7.95. The minimum Gasteiger partial charge on any atom is -0.357 e. The Balaban J connectivity index is 0.00000338. The van der Waals surface area contributed by atoms with Crippen LogP contribution in [0, 0.1) is 11.8 Å². The molecule has 0 saturated carbocycles. The Morgan fingerprint density at radius 2 is 1.85 bits per heavy atom. The van der Waals surface area contributed by atoms with Crippen molar-refractivity contribution >= 4 is 41.5 Å². The van der Waals surface area contributed by atoms with Gasteiger partial charge in [-0.15, -0.1) is 24.0 Å². The molecule has 1 aromatic rings. The molecule has 2 rings (SSSR count). The second-order valence-electron chi connectivity index (χ2n) is 7.18. The highest BCUT2D eigenvalue weighted by molar-refractivity contribution is 14.0. The molecule has 0 spiro atoms. The molecule has 1 aromatic carbocycles. The van der Waals surface area contributed by atoms with Crippen molar-refractivity contribution in [3.63, 3.8) is 0 Å². The second kappa shape index (κ2) is 11.4. The van der Waals surface area contributed by atoms with Gasteiger partial charge < -0.3 is 15.5 Å². The number of halogens is 1. The molecular weight excluding hydrogens is 439 g/mol. The lowest BCUT2D eigenvalue weighted by Gasteiger charge is -2.33. The summed E-state index contributed by atoms with van der Waals surface area (Å²) >= 11 is 0. The number of hydrogen-bond acceptors (Lipinski definition) is 2. The maximum Gasteiger partial charge on any atom is 0.226 e. The van der Waals surface area contributed by atoms with Gasteiger partial charge in [-0.05, 0) is 43.4 Å². The van der Waals surface area contributed by atoms with Crippen LogP contribution in [-0.2, 0) is 11.3 Å². The van der Waals surface area contributed by atoms with Crippen LogP contribution in [0.2, 0.25) is 0 Å². The summed E-state index contributed by atoms with van der Waals surface area (Å²) in [5.74, 6) is 1.85. The summed E-state index contributed by atoms with van der Waals surface area (Å²) < 4.78 is 0. The predicted octanol–water partition coefficient (Wildman–Crippen LogP) is 4.10. The van der Waals surface area contributed by atoms with E-state index in [-0.39, 0.29) is 35.8 Å². The number of piperidine rings is 1. The summed E-state index contributed by atoms with van der Waals surface area (Å²) in [5.41, 5.74) is 1.98. The molecule has 5 nitrogen and oxygen atoms in total. The van der Waals surface area contributed by atoms with Gasteiger partial charge in [0.2, 0.25) is 5.91 Å². The van der Waals surface area contributed by atoms with Gasteiger partial charge in [0.15, 0.2) is 5.96 Å². The number of carbonyl (C=O) groups excluding carboxylic acids is 1. The molecule has 1 heterocycles. The molecule has 0 aromatic heterocycles. The van der Waals surface area contributed by atoms with Crippen molar-refractivity contribution < 1.29 is 4.79 Å². The van der Waals surface area contributed by atoms with E-state index in [0.717, 1.165) is 42.8 Å². The first-order chi connectivity index (χ1) is 12.0. The number of anilines is 1. The first-order valence-corrected chi connectivity index (χ1v) is 9.42. The van der Waals surface area contributed by atoms with E-state index in [9.17, 15) is 4.79 Å². The lowest BCUT2D eigenvalue weighted by atomic mass is 10.00. The summed E-state index contributed by atoms with van der Waals surface area (Å²) in [7, 11) is 0. The fourth-order valence-corrected chi connectivity index (χ4v) is 2.79. The zero-order chi connectivity index (χ0) is 18.2. The molecule has 6 heteroatoms. The van der Waals surface area contributed by atoms with E-state index >= 15 is 0 Å². The van der Waals surface area contributed by atoms with Gasteiger partial charge in [0, 0.05) is 31.2 Å². The minimum atomic E-state index is -0.0146. The third-order valence-electron chi connectivity index (χ3n) is 4.58. The Labute approximate surface area is 175 Å². The molecule has 1 aliphatic heterocycles. The van der Waals surface area contributed by atoms with Gasteiger partial charge in [0.25, 0.3) is 0 Å². The minimum absolute atomic E-state index is 0. The summed E-state index contributed by atoms with van der Waals surface area (Å²) in [5, 5.41) is 6.32. The van der Waals surface area contributed by atoms with Gasteiger partial charge >= 0.3 is 0 Å². The maximum atomic E-state index is 11.7. The van der Waals surface area contributed by atoms with Crippen molar-refractivity contribution in [3.8, 4) is 0 Å². The number of rotatable bonds is 5. The second-order valence-corrected chi connectivity index (χ2v) is 7.18. The number of likely N-dealkylation sites (tertiary alicyclic amines) is 1. The molecule has 1 aliphatic rings.